The molecule has 1 nitrogen and oxygen atoms in total. The first-order valence-electron chi connectivity index (χ1n) is 6.20. The third-order valence-electron chi connectivity index (χ3n) is 3.00. The van der Waals surface area contributed by atoms with Gasteiger partial charge in [-0.3, -0.25) is 0 Å². The first-order chi connectivity index (χ1) is 8.38. The predicted octanol–water partition coefficient (Wildman–Crippen LogP) is 4.14. The van der Waals surface area contributed by atoms with Gasteiger partial charge in [0.1, 0.15) is 0 Å². The first-order valence-corrected chi connectivity index (χ1v) is 6.20. The number of aryl methyl sites for hydroxylation is 1. The molecule has 0 heterocycles. The van der Waals surface area contributed by atoms with Crippen molar-refractivity contribution in [3.63, 3.8) is 0 Å². The highest BCUT2D eigenvalue weighted by atomic mass is 19.4. The zero-order valence-corrected chi connectivity index (χ0v) is 10.7. The molecule has 1 N–H and O–H groups in total. The summed E-state index contributed by atoms with van der Waals surface area (Å²) in [7, 11) is 0. The molecule has 0 spiro atoms. The van der Waals surface area contributed by atoms with E-state index < -0.39 is 11.7 Å². The van der Waals surface area contributed by atoms with Crippen LogP contribution in [0.4, 0.5) is 13.2 Å². The predicted molar refractivity (Wildman–Crippen MR) is 65.6 cm³/mol. The molecule has 18 heavy (non-hydrogen) atoms. The summed E-state index contributed by atoms with van der Waals surface area (Å²) < 4.78 is 38.3. The van der Waals surface area contributed by atoms with Crippen LogP contribution in [-0.4, -0.2) is 11.7 Å². The Hall–Kier alpha value is -1.03. The summed E-state index contributed by atoms with van der Waals surface area (Å²) in [5, 5.41) is 9.07. The standard InChI is InChI=1S/C14H19F3O/c1-3-4-5-11-6-12(10(2)9-18)8-13(7-11)14(15,16)17/h6-8,10,18H,3-5,9H2,1-2H3. The van der Waals surface area contributed by atoms with E-state index in [0.29, 0.717) is 17.5 Å². The third kappa shape index (κ3) is 4.02. The Balaban J connectivity index is 3.12. The maximum absolute atomic E-state index is 12.8. The normalized spacial score (nSPS) is 13.7. The molecule has 0 aliphatic carbocycles. The largest absolute Gasteiger partial charge is 0.416 e. The van der Waals surface area contributed by atoms with Crippen LogP contribution in [-0.2, 0) is 12.6 Å². The van der Waals surface area contributed by atoms with E-state index in [4.69, 9.17) is 5.11 Å². The van der Waals surface area contributed by atoms with E-state index in [1.54, 1.807) is 13.0 Å². The lowest BCUT2D eigenvalue weighted by atomic mass is 9.95. The number of aliphatic hydroxyl groups excluding tert-OH is 1. The van der Waals surface area contributed by atoms with Gasteiger partial charge in [0.05, 0.1) is 5.56 Å². The summed E-state index contributed by atoms with van der Waals surface area (Å²) >= 11 is 0. The van der Waals surface area contributed by atoms with Crippen molar-refractivity contribution in [1.29, 1.82) is 0 Å². The van der Waals surface area contributed by atoms with Crippen LogP contribution in [0.15, 0.2) is 18.2 Å². The molecule has 0 amide bonds. The third-order valence-corrected chi connectivity index (χ3v) is 3.00. The van der Waals surface area contributed by atoms with E-state index in [1.807, 2.05) is 6.92 Å². The number of hydrogen-bond donors (Lipinski definition) is 1. The average Bonchev–Trinajstić information content (AvgIpc) is 2.33. The Labute approximate surface area is 106 Å². The van der Waals surface area contributed by atoms with Gasteiger partial charge in [-0.1, -0.05) is 26.3 Å². The summed E-state index contributed by atoms with van der Waals surface area (Å²) in [5.41, 5.74) is 0.631. The maximum Gasteiger partial charge on any atom is 0.416 e. The molecule has 0 aromatic heterocycles. The van der Waals surface area contributed by atoms with Crippen molar-refractivity contribution < 1.29 is 18.3 Å². The van der Waals surface area contributed by atoms with Crippen LogP contribution in [0.25, 0.3) is 0 Å². The number of unbranched alkanes of at least 4 members (excludes halogenated alkanes) is 1. The molecule has 1 atom stereocenters. The molecule has 0 radical (unpaired) electrons. The zero-order chi connectivity index (χ0) is 13.8. The molecule has 1 aromatic carbocycles. The fraction of sp³-hybridized carbons (Fsp3) is 0.571. The van der Waals surface area contributed by atoms with Gasteiger partial charge in [-0.15, -0.1) is 0 Å². The minimum atomic E-state index is -4.33. The van der Waals surface area contributed by atoms with Gasteiger partial charge in [0.15, 0.2) is 0 Å². The fourth-order valence-corrected chi connectivity index (χ4v) is 1.80. The van der Waals surface area contributed by atoms with Crippen LogP contribution >= 0.6 is 0 Å². The lowest BCUT2D eigenvalue weighted by Gasteiger charge is -2.15. The number of halogens is 3. The Morgan fingerprint density at radius 2 is 1.89 bits per heavy atom. The molecule has 1 rings (SSSR count). The molecule has 4 heteroatoms. The van der Waals surface area contributed by atoms with Crippen molar-refractivity contribution in [2.75, 3.05) is 6.61 Å². The zero-order valence-electron chi connectivity index (χ0n) is 10.7. The highest BCUT2D eigenvalue weighted by Crippen LogP contribution is 2.32. The Kier molecular flexibility index (Phi) is 5.20. The van der Waals surface area contributed by atoms with Crippen molar-refractivity contribution in [2.45, 2.75) is 45.2 Å². The van der Waals surface area contributed by atoms with Crippen LogP contribution in [0.1, 0.15) is 49.3 Å². The van der Waals surface area contributed by atoms with E-state index in [1.165, 1.54) is 6.07 Å². The summed E-state index contributed by atoms with van der Waals surface area (Å²) in [4.78, 5) is 0. The second-order valence-electron chi connectivity index (χ2n) is 4.65. The van der Waals surface area contributed by atoms with Crippen LogP contribution in [0, 0.1) is 0 Å². The van der Waals surface area contributed by atoms with E-state index in [2.05, 4.69) is 0 Å². The molecule has 0 aliphatic rings. The van der Waals surface area contributed by atoms with Gasteiger partial charge in [0.2, 0.25) is 0 Å². The molecule has 0 bridgehead atoms. The van der Waals surface area contributed by atoms with Gasteiger partial charge in [0, 0.05) is 12.5 Å². The smallest absolute Gasteiger partial charge is 0.396 e. The Bertz CT molecular complexity index is 385. The van der Waals surface area contributed by atoms with Crippen molar-refractivity contribution in [1.82, 2.24) is 0 Å². The molecule has 0 fully saturated rings. The number of hydrogen-bond acceptors (Lipinski definition) is 1. The van der Waals surface area contributed by atoms with E-state index in [0.717, 1.165) is 18.9 Å². The number of rotatable bonds is 5. The average molecular weight is 260 g/mol. The van der Waals surface area contributed by atoms with Crippen molar-refractivity contribution in [3.8, 4) is 0 Å². The highest BCUT2D eigenvalue weighted by molar-refractivity contribution is 5.34. The van der Waals surface area contributed by atoms with Gasteiger partial charge < -0.3 is 5.11 Å². The molecule has 0 aliphatic heterocycles. The molecule has 1 unspecified atom stereocenters. The molecule has 1 aromatic rings. The summed E-state index contributed by atoms with van der Waals surface area (Å²) in [6, 6.07) is 4.12. The maximum atomic E-state index is 12.8. The number of aliphatic hydroxyl groups is 1. The highest BCUT2D eigenvalue weighted by Gasteiger charge is 2.31. The van der Waals surface area contributed by atoms with E-state index >= 15 is 0 Å². The minimum Gasteiger partial charge on any atom is -0.396 e. The summed E-state index contributed by atoms with van der Waals surface area (Å²) in [6.45, 7) is 3.58. The molecular formula is C14H19F3O. The van der Waals surface area contributed by atoms with Crippen LogP contribution in [0.3, 0.4) is 0 Å². The summed E-state index contributed by atoms with van der Waals surface area (Å²) in [6.07, 6.45) is -1.87. The number of alkyl halides is 3. The van der Waals surface area contributed by atoms with Crippen molar-refractivity contribution >= 4 is 0 Å². The fourth-order valence-electron chi connectivity index (χ4n) is 1.80. The minimum absolute atomic E-state index is 0.144. The monoisotopic (exact) mass is 260 g/mol. The van der Waals surface area contributed by atoms with Crippen molar-refractivity contribution in [2.24, 2.45) is 0 Å². The van der Waals surface area contributed by atoms with Crippen LogP contribution in [0.2, 0.25) is 0 Å². The van der Waals surface area contributed by atoms with Crippen molar-refractivity contribution in [3.05, 3.63) is 34.9 Å². The SMILES string of the molecule is CCCCc1cc(C(C)CO)cc(C(F)(F)F)c1. The lowest BCUT2D eigenvalue weighted by Crippen LogP contribution is -2.09. The Morgan fingerprint density at radius 3 is 2.39 bits per heavy atom. The molecule has 0 saturated heterocycles. The molecular weight excluding hydrogens is 241 g/mol. The molecule has 0 saturated carbocycles. The van der Waals surface area contributed by atoms with Crippen LogP contribution in [0.5, 0.6) is 0 Å². The van der Waals surface area contributed by atoms with E-state index in [-0.39, 0.29) is 12.5 Å². The number of benzene rings is 1. The first kappa shape index (κ1) is 15.0. The van der Waals surface area contributed by atoms with Gasteiger partial charge in [-0.2, -0.15) is 13.2 Å². The van der Waals surface area contributed by atoms with Crippen LogP contribution < -0.4 is 0 Å². The van der Waals surface area contributed by atoms with Gasteiger partial charge in [-0.25, -0.2) is 0 Å². The Morgan fingerprint density at radius 1 is 1.22 bits per heavy atom. The lowest BCUT2D eigenvalue weighted by molar-refractivity contribution is -0.137. The summed E-state index contributed by atoms with van der Waals surface area (Å²) in [5.74, 6) is -0.271. The van der Waals surface area contributed by atoms with Gasteiger partial charge >= 0.3 is 6.18 Å². The second-order valence-corrected chi connectivity index (χ2v) is 4.65. The molecule has 102 valence electrons. The second kappa shape index (κ2) is 6.23. The topological polar surface area (TPSA) is 20.2 Å². The quantitative estimate of drug-likeness (QED) is 0.843. The van der Waals surface area contributed by atoms with E-state index in [9.17, 15) is 13.2 Å². The van der Waals surface area contributed by atoms with Gasteiger partial charge in [-0.05, 0) is 36.1 Å². The van der Waals surface area contributed by atoms with Gasteiger partial charge in [0.25, 0.3) is 0 Å².